The lowest BCUT2D eigenvalue weighted by atomic mass is 9.84. The third kappa shape index (κ3) is 2.96. The van der Waals surface area contributed by atoms with Gasteiger partial charge in [0.1, 0.15) is 0 Å². The van der Waals surface area contributed by atoms with E-state index in [1.807, 2.05) is 18.2 Å². The standard InChI is InChI=1S/C18H24N2O3/c1-11(15-7-12-2-4-14(15)6-12)20-18(21)19-9-13-3-5-16-17(8-13)23-10-22-16/h3,5,8,11-12,14-15H,2,4,6-7,9-10H2,1H3,(H2,19,20,21). The molecule has 0 spiro atoms. The van der Waals surface area contributed by atoms with Crippen molar-refractivity contribution in [2.24, 2.45) is 17.8 Å². The maximum Gasteiger partial charge on any atom is 0.315 e. The van der Waals surface area contributed by atoms with Crippen molar-refractivity contribution in [1.29, 1.82) is 0 Å². The third-order valence-corrected chi connectivity index (χ3v) is 5.68. The second-order valence-corrected chi connectivity index (χ2v) is 7.14. The molecule has 5 nitrogen and oxygen atoms in total. The van der Waals surface area contributed by atoms with Gasteiger partial charge in [-0.25, -0.2) is 4.79 Å². The number of rotatable bonds is 4. The molecule has 3 aliphatic rings. The predicted octanol–water partition coefficient (Wildman–Crippen LogP) is 3.04. The van der Waals surface area contributed by atoms with Gasteiger partial charge >= 0.3 is 6.03 Å². The predicted molar refractivity (Wildman–Crippen MR) is 86.3 cm³/mol. The summed E-state index contributed by atoms with van der Waals surface area (Å²) in [5, 5.41) is 6.07. The molecule has 4 unspecified atom stereocenters. The van der Waals surface area contributed by atoms with E-state index in [2.05, 4.69) is 17.6 Å². The zero-order valence-corrected chi connectivity index (χ0v) is 13.5. The largest absolute Gasteiger partial charge is 0.454 e. The first-order valence-electron chi connectivity index (χ1n) is 8.62. The summed E-state index contributed by atoms with van der Waals surface area (Å²) in [6.07, 6.45) is 5.40. The van der Waals surface area contributed by atoms with Crippen LogP contribution in [-0.4, -0.2) is 18.9 Å². The molecule has 0 saturated heterocycles. The van der Waals surface area contributed by atoms with Crippen molar-refractivity contribution in [3.63, 3.8) is 0 Å². The number of benzene rings is 1. The van der Waals surface area contributed by atoms with Crippen LogP contribution in [-0.2, 0) is 6.54 Å². The molecule has 0 aromatic heterocycles. The second-order valence-electron chi connectivity index (χ2n) is 7.14. The van der Waals surface area contributed by atoms with Crippen LogP contribution in [0.4, 0.5) is 4.79 Å². The fourth-order valence-corrected chi connectivity index (χ4v) is 4.50. The molecule has 2 bridgehead atoms. The number of carbonyl (C=O) groups is 1. The number of hydrogen-bond acceptors (Lipinski definition) is 3. The highest BCUT2D eigenvalue weighted by Crippen LogP contribution is 2.49. The lowest BCUT2D eigenvalue weighted by molar-refractivity contribution is 0.174. The summed E-state index contributed by atoms with van der Waals surface area (Å²) >= 11 is 0. The minimum Gasteiger partial charge on any atom is -0.454 e. The van der Waals surface area contributed by atoms with Gasteiger partial charge in [0.15, 0.2) is 11.5 Å². The van der Waals surface area contributed by atoms with E-state index < -0.39 is 0 Å². The molecule has 23 heavy (non-hydrogen) atoms. The molecule has 2 saturated carbocycles. The van der Waals surface area contributed by atoms with E-state index >= 15 is 0 Å². The SMILES string of the molecule is CC(NC(=O)NCc1ccc2c(c1)OCO2)C1CC2CCC1C2. The van der Waals surface area contributed by atoms with Gasteiger partial charge in [0.2, 0.25) is 6.79 Å². The highest BCUT2D eigenvalue weighted by molar-refractivity contribution is 5.74. The number of fused-ring (bicyclic) bond motifs is 3. The molecule has 4 rings (SSSR count). The Morgan fingerprint density at radius 1 is 1.26 bits per heavy atom. The van der Waals surface area contributed by atoms with Crippen LogP contribution in [0.15, 0.2) is 18.2 Å². The Labute approximate surface area is 136 Å². The maximum absolute atomic E-state index is 12.1. The molecule has 4 atom stereocenters. The average molecular weight is 316 g/mol. The van der Waals surface area contributed by atoms with E-state index in [1.165, 1.54) is 25.7 Å². The average Bonchev–Trinajstić information content (AvgIpc) is 3.28. The van der Waals surface area contributed by atoms with Gasteiger partial charge in [0, 0.05) is 12.6 Å². The summed E-state index contributed by atoms with van der Waals surface area (Å²) < 4.78 is 10.6. The van der Waals surface area contributed by atoms with Crippen LogP contribution in [0.1, 0.15) is 38.2 Å². The van der Waals surface area contributed by atoms with E-state index in [0.717, 1.165) is 28.9 Å². The fourth-order valence-electron chi connectivity index (χ4n) is 4.50. The first kappa shape index (κ1) is 14.7. The molecule has 124 valence electrons. The summed E-state index contributed by atoms with van der Waals surface area (Å²) in [6.45, 7) is 2.91. The molecule has 2 aliphatic carbocycles. The van der Waals surface area contributed by atoms with E-state index in [9.17, 15) is 4.79 Å². The molecule has 1 aromatic carbocycles. The smallest absolute Gasteiger partial charge is 0.315 e. The summed E-state index contributed by atoms with van der Waals surface area (Å²) in [5.74, 6) is 3.91. The zero-order chi connectivity index (χ0) is 15.8. The van der Waals surface area contributed by atoms with Crippen LogP contribution < -0.4 is 20.1 Å². The molecular formula is C18H24N2O3. The third-order valence-electron chi connectivity index (χ3n) is 5.68. The zero-order valence-electron chi connectivity index (χ0n) is 13.5. The van der Waals surface area contributed by atoms with Crippen molar-refractivity contribution >= 4 is 6.03 Å². The molecular weight excluding hydrogens is 292 g/mol. The van der Waals surface area contributed by atoms with E-state index in [-0.39, 0.29) is 18.9 Å². The molecule has 1 heterocycles. The molecule has 2 amide bonds. The van der Waals surface area contributed by atoms with E-state index in [1.54, 1.807) is 0 Å². The summed E-state index contributed by atoms with van der Waals surface area (Å²) in [4.78, 5) is 12.1. The van der Waals surface area contributed by atoms with Gasteiger partial charge in [-0.1, -0.05) is 12.5 Å². The number of amides is 2. The van der Waals surface area contributed by atoms with Crippen molar-refractivity contribution in [2.45, 2.75) is 45.2 Å². The molecule has 1 aromatic rings. The Morgan fingerprint density at radius 2 is 2.13 bits per heavy atom. The van der Waals surface area contributed by atoms with Gasteiger partial charge in [-0.3, -0.25) is 0 Å². The lowest BCUT2D eigenvalue weighted by Crippen LogP contribution is -2.45. The Hall–Kier alpha value is -1.91. The van der Waals surface area contributed by atoms with Gasteiger partial charge in [0.05, 0.1) is 0 Å². The van der Waals surface area contributed by atoms with Crippen LogP contribution in [0.5, 0.6) is 11.5 Å². The highest BCUT2D eigenvalue weighted by Gasteiger charge is 2.42. The number of urea groups is 1. The van der Waals surface area contributed by atoms with Crippen LogP contribution in [0.2, 0.25) is 0 Å². The summed E-state index contributed by atoms with van der Waals surface area (Å²) in [6, 6.07) is 5.92. The minimum absolute atomic E-state index is 0.0852. The van der Waals surface area contributed by atoms with E-state index in [0.29, 0.717) is 12.5 Å². The molecule has 5 heteroatoms. The van der Waals surface area contributed by atoms with Gasteiger partial charge < -0.3 is 20.1 Å². The molecule has 1 aliphatic heterocycles. The maximum atomic E-state index is 12.1. The van der Waals surface area contributed by atoms with Crippen molar-refractivity contribution < 1.29 is 14.3 Å². The van der Waals surface area contributed by atoms with E-state index in [4.69, 9.17) is 9.47 Å². The van der Waals surface area contributed by atoms with Crippen molar-refractivity contribution in [1.82, 2.24) is 10.6 Å². The Balaban J connectivity index is 1.27. The van der Waals surface area contributed by atoms with Crippen LogP contribution in [0.25, 0.3) is 0 Å². The number of hydrogen-bond donors (Lipinski definition) is 2. The van der Waals surface area contributed by atoms with Gasteiger partial charge in [0.25, 0.3) is 0 Å². The summed E-state index contributed by atoms with van der Waals surface area (Å²) in [7, 11) is 0. The van der Waals surface area contributed by atoms with Crippen LogP contribution in [0, 0.1) is 17.8 Å². The normalized spacial score (nSPS) is 28.7. The number of ether oxygens (including phenoxy) is 2. The molecule has 2 N–H and O–H groups in total. The quantitative estimate of drug-likeness (QED) is 0.897. The second kappa shape index (κ2) is 5.95. The number of carbonyl (C=O) groups excluding carboxylic acids is 1. The fraction of sp³-hybridized carbons (Fsp3) is 0.611. The Morgan fingerprint density at radius 3 is 2.91 bits per heavy atom. The first-order chi connectivity index (χ1) is 11.2. The van der Waals surface area contributed by atoms with Crippen molar-refractivity contribution in [2.75, 3.05) is 6.79 Å². The minimum atomic E-state index is -0.0852. The van der Waals surface area contributed by atoms with Crippen molar-refractivity contribution in [3.05, 3.63) is 23.8 Å². The van der Waals surface area contributed by atoms with Crippen LogP contribution in [0.3, 0.4) is 0 Å². The number of nitrogens with one attached hydrogen (secondary N) is 2. The monoisotopic (exact) mass is 316 g/mol. The Bertz CT molecular complexity index is 604. The van der Waals surface area contributed by atoms with Crippen molar-refractivity contribution in [3.8, 4) is 11.5 Å². The molecule has 0 radical (unpaired) electrons. The first-order valence-corrected chi connectivity index (χ1v) is 8.62. The lowest BCUT2D eigenvalue weighted by Gasteiger charge is -2.28. The topological polar surface area (TPSA) is 59.6 Å². The highest BCUT2D eigenvalue weighted by atomic mass is 16.7. The Kier molecular flexibility index (Phi) is 3.79. The van der Waals surface area contributed by atoms with Gasteiger partial charge in [-0.2, -0.15) is 0 Å². The molecule has 2 fully saturated rings. The summed E-state index contributed by atoms with van der Waals surface area (Å²) in [5.41, 5.74) is 1.01. The van der Waals surface area contributed by atoms with Gasteiger partial charge in [-0.05, 0) is 61.6 Å². The van der Waals surface area contributed by atoms with Gasteiger partial charge in [-0.15, -0.1) is 0 Å². The van der Waals surface area contributed by atoms with Crippen LogP contribution >= 0.6 is 0 Å².